The maximum absolute atomic E-state index is 14.5. The van der Waals surface area contributed by atoms with Gasteiger partial charge in [0.2, 0.25) is 23.6 Å². The number of aromatic hydroxyl groups is 1. The third-order valence-electron chi connectivity index (χ3n) is 11.0. The van der Waals surface area contributed by atoms with Gasteiger partial charge in [0, 0.05) is 24.7 Å². The first kappa shape index (κ1) is 47.6. The second-order valence-corrected chi connectivity index (χ2v) is 17.1. The van der Waals surface area contributed by atoms with Crippen molar-refractivity contribution in [1.82, 2.24) is 26.6 Å². The van der Waals surface area contributed by atoms with Crippen LogP contribution in [0.3, 0.4) is 0 Å². The zero-order valence-electron chi connectivity index (χ0n) is 37.1. The highest BCUT2D eigenvalue weighted by molar-refractivity contribution is 5.93. The molecule has 7 N–H and O–H groups in total. The van der Waals surface area contributed by atoms with Crippen LogP contribution in [-0.4, -0.2) is 78.3 Å². The molecule has 5 aromatic carbocycles. The highest BCUT2D eigenvalue weighted by Gasteiger charge is 2.39. The molecule has 0 bridgehead atoms. The van der Waals surface area contributed by atoms with Crippen molar-refractivity contribution >= 4 is 34.4 Å². The number of aliphatic hydroxyl groups excluding tert-OH is 1. The number of carbonyl (C=O) groups is 4. The predicted molar refractivity (Wildman–Crippen MR) is 244 cm³/mol. The molecule has 0 radical (unpaired) electrons. The molecule has 0 fully saturated rings. The summed E-state index contributed by atoms with van der Waals surface area (Å²) in [5.41, 5.74) is 2.07. The number of rotatable bonds is 20. The molecule has 0 aliphatic carbocycles. The molecule has 5 aromatic rings. The summed E-state index contributed by atoms with van der Waals surface area (Å²) in [4.78, 5) is 56.4. The SMILES string of the molecule is COc1ccc(CN[C@@H](C(=O)N[C@H](C(=O)NCc2ccc(OC)cc2O)C(C)C)[C@@H](O)[C@H](Cc2ccccc2)NC(=O)[C@@H](NC(=O)Cc2cccc3ccccc23)C(C)(C)C)cc1. The minimum absolute atomic E-state index is 0.0197. The molecule has 0 aromatic heterocycles. The molecule has 334 valence electrons. The van der Waals surface area contributed by atoms with Gasteiger partial charge in [-0.05, 0) is 69.5 Å². The van der Waals surface area contributed by atoms with Gasteiger partial charge in [-0.1, -0.05) is 120 Å². The average molecular weight is 860 g/mol. The lowest BCUT2D eigenvalue weighted by molar-refractivity contribution is -0.135. The lowest BCUT2D eigenvalue weighted by Gasteiger charge is -2.35. The van der Waals surface area contributed by atoms with E-state index in [0.717, 1.165) is 27.5 Å². The number of ether oxygens (including phenoxy) is 2. The van der Waals surface area contributed by atoms with E-state index in [0.29, 0.717) is 17.1 Å². The Morgan fingerprint density at radius 1 is 0.651 bits per heavy atom. The molecule has 63 heavy (non-hydrogen) atoms. The number of benzene rings is 5. The molecular weight excluding hydrogens is 799 g/mol. The summed E-state index contributed by atoms with van der Waals surface area (Å²) in [5, 5.41) is 39.7. The Labute approximate surface area is 370 Å². The summed E-state index contributed by atoms with van der Waals surface area (Å²) >= 11 is 0. The number of methoxy groups -OCH3 is 2. The quantitative estimate of drug-likeness (QED) is 0.0543. The minimum Gasteiger partial charge on any atom is -0.507 e. The zero-order chi connectivity index (χ0) is 45.7. The molecule has 13 heteroatoms. The van der Waals surface area contributed by atoms with E-state index in [1.165, 1.54) is 13.2 Å². The van der Waals surface area contributed by atoms with Crippen molar-refractivity contribution in [3.05, 3.63) is 138 Å². The van der Waals surface area contributed by atoms with Gasteiger partial charge in [-0.3, -0.25) is 24.5 Å². The Bertz CT molecular complexity index is 2310. The van der Waals surface area contributed by atoms with Gasteiger partial charge in [0.25, 0.3) is 0 Å². The summed E-state index contributed by atoms with van der Waals surface area (Å²) < 4.78 is 10.5. The number of phenols is 1. The third-order valence-corrected chi connectivity index (χ3v) is 11.0. The number of phenolic OH excluding ortho intramolecular Hbond substituents is 1. The second kappa shape index (κ2) is 22.1. The number of hydrogen-bond acceptors (Lipinski definition) is 9. The van der Waals surface area contributed by atoms with Crippen LogP contribution in [0.4, 0.5) is 0 Å². The Hall–Kier alpha value is -6.44. The lowest BCUT2D eigenvalue weighted by atomic mass is 9.85. The standard InChI is InChI=1S/C50H61N5O8/c1-31(2)43(47(59)52-30-36-22-25-38(63-7)28-41(36)56)55-48(60)44(51-29-33-20-23-37(62-6)24-21-33)45(58)40(26-32-14-9-8-10-15-32)53-49(61)46(50(3,4)5)54-42(57)27-35-18-13-17-34-16-11-12-19-39(34)35/h8-25,28,31,40,43-46,51,56,58H,26-27,29-30H2,1-7H3,(H,52,59)(H,53,61)(H,54,57)(H,55,60)/t40-,43-,44+,45-,46+/m0/s1. The van der Waals surface area contributed by atoms with E-state index in [9.17, 15) is 29.4 Å². The first-order chi connectivity index (χ1) is 30.1. The lowest BCUT2D eigenvalue weighted by Crippen LogP contribution is -2.64. The molecule has 5 rings (SSSR count). The van der Waals surface area contributed by atoms with Crippen LogP contribution in [0.1, 0.15) is 56.9 Å². The van der Waals surface area contributed by atoms with Gasteiger partial charge in [0.15, 0.2) is 0 Å². The average Bonchev–Trinajstić information content (AvgIpc) is 3.26. The summed E-state index contributed by atoms with van der Waals surface area (Å²) in [6.07, 6.45) is -1.38. The molecule has 0 aliphatic heterocycles. The molecule has 4 amide bonds. The van der Waals surface area contributed by atoms with Gasteiger partial charge in [0.05, 0.1) is 32.8 Å². The predicted octanol–water partition coefficient (Wildman–Crippen LogP) is 5.34. The molecular formula is C50H61N5O8. The highest BCUT2D eigenvalue weighted by Crippen LogP contribution is 2.25. The summed E-state index contributed by atoms with van der Waals surface area (Å²) in [6, 6.07) is 30.3. The number of carbonyl (C=O) groups excluding carboxylic acids is 4. The summed E-state index contributed by atoms with van der Waals surface area (Å²) in [6.45, 7) is 9.22. The van der Waals surface area contributed by atoms with Crippen LogP contribution < -0.4 is 36.1 Å². The fourth-order valence-corrected chi connectivity index (χ4v) is 7.36. The number of amides is 4. The van der Waals surface area contributed by atoms with Gasteiger partial charge in [-0.2, -0.15) is 0 Å². The van der Waals surface area contributed by atoms with Crippen molar-refractivity contribution in [1.29, 1.82) is 0 Å². The second-order valence-electron chi connectivity index (χ2n) is 17.1. The van der Waals surface area contributed by atoms with Crippen LogP contribution in [-0.2, 0) is 45.1 Å². The van der Waals surface area contributed by atoms with Crippen LogP contribution in [0, 0.1) is 11.3 Å². The Kier molecular flexibility index (Phi) is 16.7. The molecule has 0 heterocycles. The van der Waals surface area contributed by atoms with Crippen LogP contribution >= 0.6 is 0 Å². The van der Waals surface area contributed by atoms with Gasteiger partial charge >= 0.3 is 0 Å². The first-order valence-electron chi connectivity index (χ1n) is 21.2. The van der Waals surface area contributed by atoms with E-state index in [1.807, 2.05) is 106 Å². The van der Waals surface area contributed by atoms with Crippen LogP contribution in [0.5, 0.6) is 17.2 Å². The van der Waals surface area contributed by atoms with Crippen molar-refractivity contribution in [3.63, 3.8) is 0 Å². The molecule has 0 aliphatic rings. The van der Waals surface area contributed by atoms with Crippen molar-refractivity contribution in [2.45, 2.75) is 90.8 Å². The van der Waals surface area contributed by atoms with Crippen molar-refractivity contribution < 1.29 is 38.9 Å². The molecule has 0 spiro atoms. The van der Waals surface area contributed by atoms with Gasteiger partial charge < -0.3 is 41.0 Å². The maximum atomic E-state index is 14.5. The number of aliphatic hydroxyl groups is 1. The Morgan fingerprint density at radius 2 is 1.30 bits per heavy atom. The fourth-order valence-electron chi connectivity index (χ4n) is 7.36. The van der Waals surface area contributed by atoms with Crippen molar-refractivity contribution in [3.8, 4) is 17.2 Å². The summed E-state index contributed by atoms with van der Waals surface area (Å²) in [5.74, 6) is -1.41. The molecule has 13 nitrogen and oxygen atoms in total. The highest BCUT2D eigenvalue weighted by atomic mass is 16.5. The smallest absolute Gasteiger partial charge is 0.243 e. The van der Waals surface area contributed by atoms with E-state index in [4.69, 9.17) is 9.47 Å². The molecule has 0 unspecified atom stereocenters. The first-order valence-corrected chi connectivity index (χ1v) is 21.2. The third kappa shape index (κ3) is 13.3. The van der Waals surface area contributed by atoms with Gasteiger partial charge in [-0.25, -0.2) is 0 Å². The Balaban J connectivity index is 1.41. The van der Waals surface area contributed by atoms with E-state index in [-0.39, 0.29) is 43.5 Å². The van der Waals surface area contributed by atoms with Crippen LogP contribution in [0.15, 0.2) is 115 Å². The zero-order valence-corrected chi connectivity index (χ0v) is 37.1. The molecule has 0 saturated carbocycles. The van der Waals surface area contributed by atoms with E-state index < -0.39 is 53.4 Å². The van der Waals surface area contributed by atoms with E-state index in [2.05, 4.69) is 26.6 Å². The fraction of sp³-hybridized carbons (Fsp3) is 0.360. The Morgan fingerprint density at radius 3 is 1.95 bits per heavy atom. The van der Waals surface area contributed by atoms with Crippen molar-refractivity contribution in [2.75, 3.05) is 14.2 Å². The van der Waals surface area contributed by atoms with E-state index in [1.54, 1.807) is 45.2 Å². The maximum Gasteiger partial charge on any atom is 0.243 e. The van der Waals surface area contributed by atoms with Crippen molar-refractivity contribution in [2.24, 2.45) is 11.3 Å². The minimum atomic E-state index is -1.55. The largest absolute Gasteiger partial charge is 0.507 e. The molecule has 5 atom stereocenters. The normalized spacial score (nSPS) is 13.9. The summed E-state index contributed by atoms with van der Waals surface area (Å²) in [7, 11) is 3.05. The number of hydrogen-bond donors (Lipinski definition) is 7. The number of nitrogens with one attached hydrogen (secondary N) is 5. The monoisotopic (exact) mass is 859 g/mol. The van der Waals surface area contributed by atoms with Crippen LogP contribution in [0.2, 0.25) is 0 Å². The van der Waals surface area contributed by atoms with Gasteiger partial charge in [0.1, 0.15) is 35.4 Å². The number of fused-ring (bicyclic) bond motifs is 1. The van der Waals surface area contributed by atoms with Crippen LogP contribution in [0.25, 0.3) is 10.8 Å². The molecule has 0 saturated heterocycles. The van der Waals surface area contributed by atoms with E-state index >= 15 is 0 Å². The van der Waals surface area contributed by atoms with Gasteiger partial charge in [-0.15, -0.1) is 0 Å². The topological polar surface area (TPSA) is 187 Å².